The van der Waals surface area contributed by atoms with Crippen molar-refractivity contribution >= 4 is 17.5 Å². The molecular weight excluding hydrogens is 454 g/mol. The minimum absolute atomic E-state index is 0.0226. The molecule has 2 aromatic carbocycles. The predicted octanol–water partition coefficient (Wildman–Crippen LogP) is 3.71. The summed E-state index contributed by atoms with van der Waals surface area (Å²) in [5, 5.41) is 14.1. The van der Waals surface area contributed by atoms with Crippen molar-refractivity contribution in [3.05, 3.63) is 58.1 Å². The first kappa shape index (κ1) is 27.4. The first-order valence-corrected chi connectivity index (χ1v) is 11.4. The highest BCUT2D eigenvalue weighted by Gasteiger charge is 2.29. The third-order valence-corrected chi connectivity index (χ3v) is 5.61. The van der Waals surface area contributed by atoms with Gasteiger partial charge in [-0.15, -0.1) is 0 Å². The van der Waals surface area contributed by atoms with E-state index in [0.29, 0.717) is 12.2 Å². The van der Waals surface area contributed by atoms with Crippen LogP contribution in [0.4, 0.5) is 5.69 Å². The zero-order chi connectivity index (χ0) is 26.0. The van der Waals surface area contributed by atoms with Crippen LogP contribution in [0.25, 0.3) is 0 Å². The Hall–Kier alpha value is -3.82. The van der Waals surface area contributed by atoms with Gasteiger partial charge in [-0.1, -0.05) is 26.0 Å². The van der Waals surface area contributed by atoms with Crippen molar-refractivity contribution in [3.63, 3.8) is 0 Å². The van der Waals surface area contributed by atoms with E-state index in [4.69, 9.17) is 14.2 Å². The fraction of sp³-hybridized carbons (Fsp3) is 0.440. The van der Waals surface area contributed by atoms with Gasteiger partial charge in [0, 0.05) is 24.7 Å². The van der Waals surface area contributed by atoms with Crippen molar-refractivity contribution in [2.45, 2.75) is 52.2 Å². The highest BCUT2D eigenvalue weighted by atomic mass is 16.6. The molecule has 0 aliphatic rings. The Morgan fingerprint density at radius 1 is 1.03 bits per heavy atom. The van der Waals surface area contributed by atoms with Crippen LogP contribution in [-0.4, -0.2) is 54.5 Å². The quantitative estimate of drug-likeness (QED) is 0.338. The van der Waals surface area contributed by atoms with Crippen molar-refractivity contribution in [1.82, 2.24) is 10.2 Å². The number of nitro groups is 1. The summed E-state index contributed by atoms with van der Waals surface area (Å²) in [5.74, 6) is 0.311. The van der Waals surface area contributed by atoms with Gasteiger partial charge in [0.1, 0.15) is 17.5 Å². The summed E-state index contributed by atoms with van der Waals surface area (Å²) in [5.41, 5.74) is 0.617. The van der Waals surface area contributed by atoms with E-state index in [0.717, 1.165) is 12.0 Å². The van der Waals surface area contributed by atoms with Crippen LogP contribution >= 0.6 is 0 Å². The maximum atomic E-state index is 13.3. The number of hydrogen-bond acceptors (Lipinski definition) is 7. The lowest BCUT2D eigenvalue weighted by molar-refractivity contribution is -0.385. The lowest BCUT2D eigenvalue weighted by atomic mass is 10.1. The van der Waals surface area contributed by atoms with Gasteiger partial charge in [-0.2, -0.15) is 0 Å². The number of nitro benzene ring substituents is 1. The smallest absolute Gasteiger partial charge is 0.311 e. The monoisotopic (exact) mass is 487 g/mol. The van der Waals surface area contributed by atoms with Gasteiger partial charge >= 0.3 is 5.69 Å². The second kappa shape index (κ2) is 13.2. The van der Waals surface area contributed by atoms with E-state index >= 15 is 0 Å². The molecular formula is C25H33N3O7. The van der Waals surface area contributed by atoms with Crippen LogP contribution in [0.15, 0.2) is 42.5 Å². The molecule has 2 atom stereocenters. The van der Waals surface area contributed by atoms with Crippen molar-refractivity contribution in [2.24, 2.45) is 0 Å². The molecule has 0 saturated heterocycles. The summed E-state index contributed by atoms with van der Waals surface area (Å²) < 4.78 is 15.9. The van der Waals surface area contributed by atoms with Gasteiger partial charge in [0.05, 0.1) is 19.1 Å². The number of nitrogens with one attached hydrogen (secondary N) is 1. The molecule has 0 unspecified atom stereocenters. The van der Waals surface area contributed by atoms with Gasteiger partial charge in [-0.25, -0.2) is 0 Å². The molecule has 0 fully saturated rings. The second-order valence-corrected chi connectivity index (χ2v) is 7.99. The predicted molar refractivity (Wildman–Crippen MR) is 131 cm³/mol. The fourth-order valence-corrected chi connectivity index (χ4v) is 3.41. The third-order valence-electron chi connectivity index (χ3n) is 5.61. The average Bonchev–Trinajstić information content (AvgIpc) is 2.86. The lowest BCUT2D eigenvalue weighted by Gasteiger charge is -2.31. The van der Waals surface area contributed by atoms with Crippen molar-refractivity contribution in [3.8, 4) is 17.2 Å². The lowest BCUT2D eigenvalue weighted by Crippen LogP contribution is -2.51. The number of nitrogens with zero attached hydrogens (tertiary/aromatic N) is 2. The molecule has 0 aliphatic heterocycles. The third kappa shape index (κ3) is 7.59. The topological polar surface area (TPSA) is 120 Å². The average molecular weight is 488 g/mol. The van der Waals surface area contributed by atoms with Crippen molar-refractivity contribution in [1.29, 1.82) is 0 Å². The van der Waals surface area contributed by atoms with Crippen molar-refractivity contribution < 1.29 is 28.7 Å². The largest absolute Gasteiger partial charge is 0.497 e. The van der Waals surface area contributed by atoms with Crippen LogP contribution in [0.5, 0.6) is 17.2 Å². The Morgan fingerprint density at radius 2 is 1.69 bits per heavy atom. The van der Waals surface area contributed by atoms with Crippen LogP contribution in [0.1, 0.15) is 39.2 Å². The summed E-state index contributed by atoms with van der Waals surface area (Å²) in [7, 11) is 2.89. The molecule has 0 aromatic heterocycles. The molecule has 0 saturated carbocycles. The van der Waals surface area contributed by atoms with Gasteiger partial charge in [-0.3, -0.25) is 19.7 Å². The molecule has 190 valence electrons. The molecule has 0 heterocycles. The van der Waals surface area contributed by atoms with E-state index in [1.807, 2.05) is 32.9 Å². The van der Waals surface area contributed by atoms with Crippen LogP contribution < -0.4 is 19.5 Å². The van der Waals surface area contributed by atoms with Crippen LogP contribution in [0.3, 0.4) is 0 Å². The molecule has 1 N–H and O–H groups in total. The number of hydrogen-bond donors (Lipinski definition) is 1. The van der Waals surface area contributed by atoms with E-state index in [2.05, 4.69) is 5.32 Å². The molecule has 0 radical (unpaired) electrons. The Labute approximate surface area is 205 Å². The summed E-state index contributed by atoms with van der Waals surface area (Å²) in [4.78, 5) is 38.3. The standard InChI is InChI=1S/C25H33N3O7/c1-6-17(3)26-25(30)21(7-2)27(15-18-8-10-19(33-4)11-9-18)24(29)16-35-20-12-13-22(28(31)32)23(14-20)34-5/h8-14,17,21H,6-7,15-16H2,1-5H3,(H,26,30)/t17-,21+/m0/s1. The van der Waals surface area contributed by atoms with Crippen LogP contribution in [-0.2, 0) is 16.1 Å². The molecule has 2 amide bonds. The molecule has 35 heavy (non-hydrogen) atoms. The zero-order valence-corrected chi connectivity index (χ0v) is 20.8. The highest BCUT2D eigenvalue weighted by molar-refractivity contribution is 5.88. The first-order chi connectivity index (χ1) is 16.7. The summed E-state index contributed by atoms with van der Waals surface area (Å²) in [6, 6.07) is 10.5. The van der Waals surface area contributed by atoms with Gasteiger partial charge in [0.25, 0.3) is 5.91 Å². The van der Waals surface area contributed by atoms with E-state index in [1.165, 1.54) is 30.2 Å². The van der Waals surface area contributed by atoms with Gasteiger partial charge in [0.15, 0.2) is 6.61 Å². The summed E-state index contributed by atoms with van der Waals surface area (Å²) in [6.07, 6.45) is 1.18. The number of rotatable bonds is 13. The SMILES string of the molecule is CC[C@H](C(=O)N[C@@H](C)CC)N(Cc1ccc(OC)cc1)C(=O)COc1ccc([N+](=O)[O-])c(OC)c1. The van der Waals surface area contributed by atoms with Crippen molar-refractivity contribution in [2.75, 3.05) is 20.8 Å². The number of benzene rings is 2. The maximum absolute atomic E-state index is 13.3. The Morgan fingerprint density at radius 3 is 2.23 bits per heavy atom. The minimum atomic E-state index is -0.700. The molecule has 10 heteroatoms. The molecule has 10 nitrogen and oxygen atoms in total. The normalized spacial score (nSPS) is 12.3. The van der Waals surface area contributed by atoms with Gasteiger partial charge in [-0.05, 0) is 43.5 Å². The Bertz CT molecular complexity index is 1010. The van der Waals surface area contributed by atoms with E-state index in [-0.39, 0.29) is 42.3 Å². The molecule has 2 rings (SSSR count). The summed E-state index contributed by atoms with van der Waals surface area (Å²) >= 11 is 0. The Balaban J connectivity index is 2.25. The molecule has 2 aromatic rings. The number of carbonyl (C=O) groups excluding carboxylic acids is 2. The van der Waals surface area contributed by atoms with E-state index < -0.39 is 16.9 Å². The highest BCUT2D eigenvalue weighted by Crippen LogP contribution is 2.30. The number of ether oxygens (including phenoxy) is 3. The number of carbonyl (C=O) groups is 2. The molecule has 0 bridgehead atoms. The fourth-order valence-electron chi connectivity index (χ4n) is 3.41. The number of methoxy groups -OCH3 is 2. The Kier molecular flexibility index (Phi) is 10.3. The molecule has 0 spiro atoms. The maximum Gasteiger partial charge on any atom is 0.311 e. The first-order valence-electron chi connectivity index (χ1n) is 11.4. The van der Waals surface area contributed by atoms with E-state index in [1.54, 1.807) is 19.2 Å². The second-order valence-electron chi connectivity index (χ2n) is 7.99. The van der Waals surface area contributed by atoms with E-state index in [9.17, 15) is 19.7 Å². The molecule has 0 aliphatic carbocycles. The zero-order valence-electron chi connectivity index (χ0n) is 20.8. The van der Waals surface area contributed by atoms with Gasteiger partial charge < -0.3 is 24.4 Å². The minimum Gasteiger partial charge on any atom is -0.497 e. The van der Waals surface area contributed by atoms with Gasteiger partial charge in [0.2, 0.25) is 11.7 Å². The number of amides is 2. The van der Waals surface area contributed by atoms with Crippen LogP contribution in [0.2, 0.25) is 0 Å². The van der Waals surface area contributed by atoms with Crippen LogP contribution in [0, 0.1) is 10.1 Å². The summed E-state index contributed by atoms with van der Waals surface area (Å²) in [6.45, 7) is 5.56.